The molecule has 1 aromatic heterocycles. The van der Waals surface area contributed by atoms with Gasteiger partial charge in [0.15, 0.2) is 11.6 Å². The van der Waals surface area contributed by atoms with Crippen LogP contribution in [0.15, 0.2) is 18.3 Å². The van der Waals surface area contributed by atoms with E-state index in [0.29, 0.717) is 25.5 Å². The van der Waals surface area contributed by atoms with Crippen LogP contribution in [0.1, 0.15) is 33.6 Å². The lowest BCUT2D eigenvalue weighted by molar-refractivity contribution is 0.0106. The number of halogens is 1. The van der Waals surface area contributed by atoms with Crippen LogP contribution in [0, 0.1) is 5.82 Å². The molecule has 1 aliphatic heterocycles. The zero-order valence-electron chi connectivity index (χ0n) is 13.3. The Hall–Kier alpha value is -1.85. The van der Waals surface area contributed by atoms with Crippen molar-refractivity contribution in [2.24, 2.45) is 0 Å². The minimum absolute atomic E-state index is 0.218. The van der Waals surface area contributed by atoms with Crippen molar-refractivity contribution in [1.29, 1.82) is 0 Å². The molecular weight excluding hydrogens is 285 g/mol. The molecule has 6 heteroatoms. The Labute approximate surface area is 130 Å². The van der Waals surface area contributed by atoms with E-state index in [2.05, 4.69) is 4.98 Å². The lowest BCUT2D eigenvalue weighted by Gasteiger charge is -2.42. The predicted molar refractivity (Wildman–Crippen MR) is 81.3 cm³/mol. The molecule has 2 fully saturated rings. The topological polar surface area (TPSA) is 45.7 Å². The summed E-state index contributed by atoms with van der Waals surface area (Å²) >= 11 is 0. The van der Waals surface area contributed by atoms with Crippen LogP contribution in [0.2, 0.25) is 0 Å². The fraction of sp³-hybridized carbons (Fsp3) is 0.625. The number of rotatable bonds is 1. The normalized spacial score (nSPS) is 20.2. The average Bonchev–Trinajstić information content (AvgIpc) is 3.17. The van der Waals surface area contributed by atoms with E-state index in [9.17, 15) is 9.18 Å². The third-order valence-electron chi connectivity index (χ3n) is 4.13. The number of carbonyl (C=O) groups excluding carboxylic acids is 1. The zero-order chi connectivity index (χ0) is 16.0. The highest BCUT2D eigenvalue weighted by atomic mass is 19.1. The van der Waals surface area contributed by atoms with Crippen molar-refractivity contribution in [3.8, 4) is 0 Å². The van der Waals surface area contributed by atoms with Gasteiger partial charge in [-0.15, -0.1) is 0 Å². The van der Waals surface area contributed by atoms with E-state index in [1.807, 2.05) is 30.6 Å². The molecule has 0 radical (unpaired) electrons. The first kappa shape index (κ1) is 15.1. The molecule has 22 heavy (non-hydrogen) atoms. The van der Waals surface area contributed by atoms with Crippen LogP contribution in [0.3, 0.4) is 0 Å². The number of pyridine rings is 1. The van der Waals surface area contributed by atoms with Crippen LogP contribution >= 0.6 is 0 Å². The molecular formula is C16H22FN3O2. The van der Waals surface area contributed by atoms with E-state index in [4.69, 9.17) is 4.74 Å². The number of aromatic nitrogens is 1. The maximum atomic E-state index is 13.9. The van der Waals surface area contributed by atoms with Gasteiger partial charge in [0.05, 0.1) is 5.54 Å². The summed E-state index contributed by atoms with van der Waals surface area (Å²) in [6.07, 6.45) is 3.18. The van der Waals surface area contributed by atoms with Gasteiger partial charge in [-0.1, -0.05) is 0 Å². The number of anilines is 1. The number of ether oxygens (including phenoxy) is 1. The Balaban J connectivity index is 1.74. The monoisotopic (exact) mass is 307 g/mol. The van der Waals surface area contributed by atoms with Crippen molar-refractivity contribution >= 4 is 11.9 Å². The van der Waals surface area contributed by atoms with Crippen LogP contribution in [-0.4, -0.2) is 46.8 Å². The lowest BCUT2D eigenvalue weighted by atomic mass is 10.1. The van der Waals surface area contributed by atoms with Crippen molar-refractivity contribution < 1.29 is 13.9 Å². The van der Waals surface area contributed by atoms with Gasteiger partial charge in [-0.05, 0) is 45.7 Å². The minimum Gasteiger partial charge on any atom is -0.444 e. The molecule has 0 aromatic carbocycles. The van der Waals surface area contributed by atoms with E-state index in [-0.39, 0.29) is 17.4 Å². The molecule has 0 bridgehead atoms. The number of hydrogen-bond donors (Lipinski definition) is 0. The number of hydrogen-bond acceptors (Lipinski definition) is 4. The molecule has 1 aliphatic carbocycles. The van der Waals surface area contributed by atoms with Crippen molar-refractivity contribution in [3.05, 3.63) is 24.1 Å². The lowest BCUT2D eigenvalue weighted by Crippen LogP contribution is -2.58. The summed E-state index contributed by atoms with van der Waals surface area (Å²) in [4.78, 5) is 20.3. The van der Waals surface area contributed by atoms with E-state index >= 15 is 0 Å². The highest BCUT2D eigenvalue weighted by Gasteiger charge is 2.54. The van der Waals surface area contributed by atoms with Crippen molar-refractivity contribution in [1.82, 2.24) is 9.88 Å². The van der Waals surface area contributed by atoms with Crippen LogP contribution in [0.25, 0.3) is 0 Å². The van der Waals surface area contributed by atoms with Gasteiger partial charge in [0.25, 0.3) is 0 Å². The first-order valence-corrected chi connectivity index (χ1v) is 7.67. The largest absolute Gasteiger partial charge is 0.444 e. The standard InChI is InChI=1S/C16H22FN3O2/c1-15(2,3)22-14(21)20-10-9-19(11-16(20)6-7-16)13-12(17)5-4-8-18-13/h4-5,8H,6-7,9-11H2,1-3H3. The van der Waals surface area contributed by atoms with E-state index in [1.54, 1.807) is 12.3 Å². The molecule has 0 unspecified atom stereocenters. The highest BCUT2D eigenvalue weighted by molar-refractivity contribution is 5.70. The minimum atomic E-state index is -0.503. The Morgan fingerprint density at radius 1 is 1.36 bits per heavy atom. The smallest absolute Gasteiger partial charge is 0.410 e. The molecule has 2 aliphatic rings. The summed E-state index contributed by atoms with van der Waals surface area (Å²) in [5.74, 6) is 0.0571. The summed E-state index contributed by atoms with van der Waals surface area (Å²) in [6.45, 7) is 7.30. The molecule has 1 saturated heterocycles. The maximum absolute atomic E-state index is 13.9. The van der Waals surface area contributed by atoms with E-state index in [1.165, 1.54) is 6.07 Å². The maximum Gasteiger partial charge on any atom is 0.410 e. The predicted octanol–water partition coefficient (Wildman–Crippen LogP) is 2.81. The second kappa shape index (κ2) is 5.11. The van der Waals surface area contributed by atoms with Crippen molar-refractivity contribution in [3.63, 3.8) is 0 Å². The summed E-state index contributed by atoms with van der Waals surface area (Å²) in [5.41, 5.74) is -0.720. The van der Waals surface area contributed by atoms with Gasteiger partial charge in [0.2, 0.25) is 0 Å². The van der Waals surface area contributed by atoms with Crippen molar-refractivity contribution in [2.75, 3.05) is 24.5 Å². The average molecular weight is 307 g/mol. The van der Waals surface area contributed by atoms with Crippen LogP contribution in [0.4, 0.5) is 15.0 Å². The molecule has 1 aromatic rings. The van der Waals surface area contributed by atoms with E-state index < -0.39 is 5.60 Å². The summed E-state index contributed by atoms with van der Waals surface area (Å²) in [6, 6.07) is 3.00. The Bertz CT molecular complexity index is 581. The molecule has 2 heterocycles. The zero-order valence-corrected chi connectivity index (χ0v) is 13.3. The number of nitrogens with zero attached hydrogens (tertiary/aromatic N) is 3. The number of carbonyl (C=O) groups is 1. The first-order chi connectivity index (χ1) is 10.3. The second-order valence-electron chi connectivity index (χ2n) is 7.09. The first-order valence-electron chi connectivity index (χ1n) is 7.67. The molecule has 120 valence electrons. The van der Waals surface area contributed by atoms with Gasteiger partial charge in [0.1, 0.15) is 5.60 Å². The van der Waals surface area contributed by atoms with Gasteiger partial charge in [0, 0.05) is 25.8 Å². The second-order valence-corrected chi connectivity index (χ2v) is 7.09. The molecule has 1 amide bonds. The highest BCUT2D eigenvalue weighted by Crippen LogP contribution is 2.45. The van der Waals surface area contributed by atoms with Gasteiger partial charge in [-0.2, -0.15) is 0 Å². The summed E-state index contributed by atoms with van der Waals surface area (Å²) in [5, 5.41) is 0. The summed E-state index contributed by atoms with van der Waals surface area (Å²) in [7, 11) is 0. The Morgan fingerprint density at radius 2 is 2.09 bits per heavy atom. The van der Waals surface area contributed by atoms with Crippen LogP contribution < -0.4 is 4.90 Å². The third kappa shape index (κ3) is 2.87. The molecule has 0 atom stereocenters. The fourth-order valence-electron chi connectivity index (χ4n) is 2.94. The van der Waals surface area contributed by atoms with Gasteiger partial charge >= 0.3 is 6.09 Å². The number of piperazine rings is 1. The summed E-state index contributed by atoms with van der Waals surface area (Å²) < 4.78 is 19.4. The van der Waals surface area contributed by atoms with Crippen LogP contribution in [0.5, 0.6) is 0 Å². The van der Waals surface area contributed by atoms with E-state index in [0.717, 1.165) is 12.8 Å². The van der Waals surface area contributed by atoms with Gasteiger partial charge < -0.3 is 9.64 Å². The van der Waals surface area contributed by atoms with Gasteiger partial charge in [-0.3, -0.25) is 4.90 Å². The van der Waals surface area contributed by atoms with Crippen molar-refractivity contribution in [2.45, 2.75) is 44.8 Å². The molecule has 3 rings (SSSR count). The molecule has 0 N–H and O–H groups in total. The quantitative estimate of drug-likeness (QED) is 0.800. The Kier molecular flexibility index (Phi) is 3.50. The number of amides is 1. The fourth-order valence-corrected chi connectivity index (χ4v) is 2.94. The molecule has 1 spiro atoms. The molecule has 5 nitrogen and oxygen atoms in total. The van der Waals surface area contributed by atoms with Crippen LogP contribution in [-0.2, 0) is 4.74 Å². The third-order valence-corrected chi connectivity index (χ3v) is 4.13. The van der Waals surface area contributed by atoms with Gasteiger partial charge in [-0.25, -0.2) is 14.2 Å². The molecule has 1 saturated carbocycles. The SMILES string of the molecule is CC(C)(C)OC(=O)N1CCN(c2ncccc2F)CC12CC2. The Morgan fingerprint density at radius 3 is 2.68 bits per heavy atom.